The summed E-state index contributed by atoms with van der Waals surface area (Å²) in [7, 11) is 6.43. The molecular weight excluding hydrogens is 570 g/mol. The summed E-state index contributed by atoms with van der Waals surface area (Å²) in [6, 6.07) is -1.19. The van der Waals surface area contributed by atoms with Crippen LogP contribution in [0.3, 0.4) is 0 Å². The van der Waals surface area contributed by atoms with Crippen LogP contribution < -0.4 is 21.3 Å². The minimum atomic E-state index is -2.75. The van der Waals surface area contributed by atoms with Crippen LogP contribution >= 0.6 is 11.6 Å². The quantitative estimate of drug-likeness (QED) is 0.124. The van der Waals surface area contributed by atoms with Crippen LogP contribution in [-0.2, 0) is 25.6 Å². The van der Waals surface area contributed by atoms with Gasteiger partial charge in [0.2, 0.25) is 11.7 Å². The van der Waals surface area contributed by atoms with Crippen LogP contribution in [0.2, 0.25) is 5.02 Å². The number of anilines is 2. The number of fused-ring (bicyclic) bond motifs is 3. The molecule has 0 bridgehead atoms. The first-order valence-corrected chi connectivity index (χ1v) is 13.9. The monoisotopic (exact) mass is 605 g/mol. The molecule has 1 saturated carbocycles. The van der Waals surface area contributed by atoms with Crippen molar-refractivity contribution < 1.29 is 39.6 Å². The molecule has 3 aliphatic carbocycles. The van der Waals surface area contributed by atoms with Gasteiger partial charge >= 0.3 is 0 Å². The Morgan fingerprint density at radius 3 is 2.33 bits per heavy atom. The number of Topliss-reactive ketones (excluding diaryl/α,β-unsaturated/α-hetero) is 2. The number of nitrogens with zero attached hydrogens (tertiary/aromatic N) is 2. The van der Waals surface area contributed by atoms with Gasteiger partial charge in [0.05, 0.1) is 28.9 Å². The highest BCUT2D eigenvalue weighted by Gasteiger charge is 2.64. The number of nitrogens with one attached hydrogen (secondary N) is 2. The number of primary amides is 1. The van der Waals surface area contributed by atoms with Crippen molar-refractivity contribution in [2.45, 2.75) is 37.8 Å². The van der Waals surface area contributed by atoms with E-state index >= 15 is 0 Å². The van der Waals surface area contributed by atoms with E-state index in [0.29, 0.717) is 17.8 Å². The molecule has 0 heterocycles. The molecule has 0 radical (unpaired) electrons. The van der Waals surface area contributed by atoms with Crippen molar-refractivity contribution in [3.05, 3.63) is 33.1 Å². The summed E-state index contributed by atoms with van der Waals surface area (Å²) in [6.45, 7) is 2.45. The number of benzene rings is 1. The first-order valence-electron chi connectivity index (χ1n) is 13.5. The maximum Gasteiger partial charge on any atom is 0.255 e. The largest absolute Gasteiger partial charge is 0.508 e. The van der Waals surface area contributed by atoms with E-state index in [0.717, 1.165) is 6.42 Å². The normalized spacial score (nSPS) is 25.3. The zero-order valence-electron chi connectivity index (χ0n) is 24.0. The van der Waals surface area contributed by atoms with Gasteiger partial charge in [0, 0.05) is 25.6 Å². The molecule has 14 heteroatoms. The molecular formula is C28H36ClN5O8. The predicted molar refractivity (Wildman–Crippen MR) is 155 cm³/mol. The molecule has 2 amide bonds. The molecule has 228 valence electrons. The average molecular weight is 606 g/mol. The molecule has 0 spiro atoms. The Balaban J connectivity index is 1.94. The number of aromatic hydroxyl groups is 1. The number of hydrogen-bond donors (Lipinski definition) is 7. The summed E-state index contributed by atoms with van der Waals surface area (Å²) >= 11 is 6.71. The third-order valence-corrected chi connectivity index (χ3v) is 8.59. The number of rotatable bonds is 8. The summed E-state index contributed by atoms with van der Waals surface area (Å²) in [5.74, 6) is -8.16. The highest BCUT2D eigenvalue weighted by Crippen LogP contribution is 2.56. The van der Waals surface area contributed by atoms with E-state index in [2.05, 4.69) is 10.6 Å². The summed E-state index contributed by atoms with van der Waals surface area (Å²) in [4.78, 5) is 55.2. The van der Waals surface area contributed by atoms with Crippen molar-refractivity contribution in [1.82, 2.24) is 10.2 Å². The number of carbonyl (C=O) groups is 4. The second kappa shape index (κ2) is 11.2. The fourth-order valence-corrected chi connectivity index (χ4v) is 6.89. The number of amides is 2. The van der Waals surface area contributed by atoms with Gasteiger partial charge in [-0.1, -0.05) is 18.5 Å². The van der Waals surface area contributed by atoms with E-state index < -0.39 is 69.7 Å². The minimum absolute atomic E-state index is 0.0145. The number of hydrogen-bond acceptors (Lipinski definition) is 11. The van der Waals surface area contributed by atoms with Gasteiger partial charge in [0.1, 0.15) is 22.8 Å². The smallest absolute Gasteiger partial charge is 0.255 e. The van der Waals surface area contributed by atoms with Crippen LogP contribution in [0.1, 0.15) is 30.9 Å². The lowest BCUT2D eigenvalue weighted by Crippen LogP contribution is -2.65. The molecule has 3 unspecified atom stereocenters. The number of likely N-dealkylation sites (N-methyl/N-ethyl adjacent to an activating group) is 1. The SMILES string of the molecule is CCCNCC(=O)Nc1c(O)c2c(c(N(C)C)c1Cl)CC1CC3[C@H](N(C)C)C(=O)C(C(N)=O)=C(O)C3(O)C(=O)C1=C2O. The lowest BCUT2D eigenvalue weighted by Gasteiger charge is -2.50. The molecule has 0 aromatic heterocycles. The number of aliphatic hydroxyl groups excluding tert-OH is 2. The van der Waals surface area contributed by atoms with Crippen LogP contribution in [-0.4, -0.2) is 102 Å². The van der Waals surface area contributed by atoms with Gasteiger partial charge in [0.15, 0.2) is 17.1 Å². The Morgan fingerprint density at radius 2 is 1.79 bits per heavy atom. The van der Waals surface area contributed by atoms with Gasteiger partial charge in [-0.05, 0) is 51.4 Å². The second-order valence-electron chi connectivity index (χ2n) is 11.3. The molecule has 0 aliphatic heterocycles. The number of carbonyl (C=O) groups excluding carboxylic acids is 4. The zero-order chi connectivity index (χ0) is 31.4. The first kappa shape index (κ1) is 31.3. The maximum atomic E-state index is 14.1. The molecule has 8 N–H and O–H groups in total. The van der Waals surface area contributed by atoms with Crippen molar-refractivity contribution in [2.75, 3.05) is 51.5 Å². The van der Waals surface area contributed by atoms with Gasteiger partial charge in [-0.3, -0.25) is 24.1 Å². The Labute approximate surface area is 247 Å². The van der Waals surface area contributed by atoms with E-state index in [1.165, 1.54) is 19.0 Å². The highest BCUT2D eigenvalue weighted by atomic mass is 35.5. The molecule has 13 nitrogen and oxygen atoms in total. The summed E-state index contributed by atoms with van der Waals surface area (Å²) < 4.78 is 0. The summed E-state index contributed by atoms with van der Waals surface area (Å²) in [5.41, 5.74) is 1.84. The first-order chi connectivity index (χ1) is 19.6. The van der Waals surface area contributed by atoms with Crippen LogP contribution in [0.25, 0.3) is 5.76 Å². The van der Waals surface area contributed by atoms with Gasteiger partial charge < -0.3 is 41.7 Å². The second-order valence-corrected chi connectivity index (χ2v) is 11.7. The predicted octanol–water partition coefficient (Wildman–Crippen LogP) is 0.622. The molecule has 42 heavy (non-hydrogen) atoms. The van der Waals surface area contributed by atoms with Crippen molar-refractivity contribution in [2.24, 2.45) is 17.6 Å². The van der Waals surface area contributed by atoms with E-state index in [4.69, 9.17) is 17.3 Å². The average Bonchev–Trinajstić information content (AvgIpc) is 2.88. The number of nitrogens with two attached hydrogens (primary N) is 1. The van der Waals surface area contributed by atoms with Crippen molar-refractivity contribution in [1.29, 1.82) is 0 Å². The number of ketones is 2. The maximum absolute atomic E-state index is 14.1. The Kier molecular flexibility index (Phi) is 8.35. The van der Waals surface area contributed by atoms with Gasteiger partial charge in [-0.15, -0.1) is 0 Å². The Bertz CT molecular complexity index is 1450. The molecule has 4 atom stereocenters. The lowest BCUT2D eigenvalue weighted by atomic mass is 9.57. The van der Waals surface area contributed by atoms with Crippen molar-refractivity contribution in [3.63, 3.8) is 0 Å². The molecule has 4 rings (SSSR count). The van der Waals surface area contributed by atoms with Crippen LogP contribution in [0, 0.1) is 11.8 Å². The molecule has 1 aromatic carbocycles. The minimum Gasteiger partial charge on any atom is -0.508 e. The van der Waals surface area contributed by atoms with E-state index in [1.807, 2.05) is 6.92 Å². The lowest BCUT2D eigenvalue weighted by molar-refractivity contribution is -0.153. The van der Waals surface area contributed by atoms with Crippen molar-refractivity contribution >= 4 is 52.1 Å². The summed E-state index contributed by atoms with van der Waals surface area (Å²) in [6.07, 6.45) is 0.794. The zero-order valence-corrected chi connectivity index (χ0v) is 24.8. The number of phenols is 1. The van der Waals surface area contributed by atoms with Gasteiger partial charge in [-0.2, -0.15) is 0 Å². The van der Waals surface area contributed by atoms with Crippen LogP contribution in [0.15, 0.2) is 16.9 Å². The number of aliphatic hydroxyl groups is 3. The Hall–Kier alpha value is -3.65. The fraction of sp³-hybridized carbons (Fsp3) is 0.500. The molecule has 1 aromatic rings. The molecule has 3 aliphatic rings. The van der Waals surface area contributed by atoms with Gasteiger partial charge in [-0.25, -0.2) is 0 Å². The summed E-state index contributed by atoms with van der Waals surface area (Å²) in [5, 5.41) is 51.2. The fourth-order valence-electron chi connectivity index (χ4n) is 6.47. The van der Waals surface area contributed by atoms with Gasteiger partial charge in [0.25, 0.3) is 5.91 Å². The van der Waals surface area contributed by atoms with Crippen LogP contribution in [0.5, 0.6) is 5.75 Å². The molecule has 0 saturated heterocycles. The van der Waals surface area contributed by atoms with Crippen LogP contribution in [0.4, 0.5) is 11.4 Å². The van der Waals surface area contributed by atoms with E-state index in [9.17, 15) is 39.6 Å². The third kappa shape index (κ3) is 4.60. The van der Waals surface area contributed by atoms with E-state index in [-0.39, 0.29) is 41.2 Å². The standard InChI is InChI=1S/C28H36ClN5O8/c1-6-7-31-10-14(35)32-19-18(29)20(33(2)3)12-8-11-9-13-21(34(4)5)24(38)17(27(30)41)26(40)28(13,42)25(39)15(11)22(36)16(12)23(19)37/h11,13,21,31,36-37,40,42H,6-10H2,1-5H3,(H2,30,41)(H,32,35)/t11?,13?,21-,28?/m0/s1. The van der Waals surface area contributed by atoms with E-state index in [1.54, 1.807) is 19.0 Å². The number of halogens is 1. The topological polar surface area (TPSA) is 206 Å². The van der Waals surface area contributed by atoms with Crippen molar-refractivity contribution in [3.8, 4) is 5.75 Å². The molecule has 1 fully saturated rings. The number of phenolic OH excluding ortho intramolecular Hbond substituents is 1. The Morgan fingerprint density at radius 1 is 1.14 bits per heavy atom. The highest BCUT2D eigenvalue weighted by molar-refractivity contribution is 6.37. The third-order valence-electron chi connectivity index (χ3n) is 8.23.